The monoisotopic (exact) mass is 481 g/mol. The Bertz CT molecular complexity index is 869. The van der Waals surface area contributed by atoms with Gasteiger partial charge in [-0.15, -0.1) is 0 Å². The van der Waals surface area contributed by atoms with E-state index in [1.54, 1.807) is 0 Å². The third-order valence-corrected chi connectivity index (χ3v) is 10.2. The second-order valence-corrected chi connectivity index (χ2v) is 11.8. The van der Waals surface area contributed by atoms with Gasteiger partial charge in [0.1, 0.15) is 0 Å². The molecule has 35 heavy (non-hydrogen) atoms. The summed E-state index contributed by atoms with van der Waals surface area (Å²) in [5.41, 5.74) is 8.39. The highest BCUT2D eigenvalue weighted by atomic mass is 16.4. The maximum atomic E-state index is 14.3. The summed E-state index contributed by atoms with van der Waals surface area (Å²) in [6.07, 6.45) is 10.8. The van der Waals surface area contributed by atoms with E-state index < -0.39 is 7.12 Å². The molecule has 192 valence electrons. The third-order valence-electron chi connectivity index (χ3n) is 10.2. The van der Waals surface area contributed by atoms with Crippen molar-refractivity contribution in [2.24, 2.45) is 28.9 Å². The number of hydrogen-bond acceptors (Lipinski definition) is 5. The number of nitrogens with one attached hydrogen (secondary N) is 1. The van der Waals surface area contributed by atoms with Gasteiger partial charge in [-0.05, 0) is 98.1 Å². The van der Waals surface area contributed by atoms with E-state index in [9.17, 15) is 14.8 Å². The van der Waals surface area contributed by atoms with Gasteiger partial charge in [0.15, 0.2) is 0 Å². The second kappa shape index (κ2) is 10.9. The first-order valence-corrected chi connectivity index (χ1v) is 14.2. The molecule has 0 bridgehead atoms. The van der Waals surface area contributed by atoms with Crippen molar-refractivity contribution in [1.82, 2.24) is 10.2 Å². The van der Waals surface area contributed by atoms with Gasteiger partial charge in [0.05, 0.1) is 0 Å². The fourth-order valence-electron chi connectivity index (χ4n) is 8.38. The highest BCUT2D eigenvalue weighted by molar-refractivity contribution is 6.43. The molecule has 0 spiro atoms. The van der Waals surface area contributed by atoms with Crippen LogP contribution < -0.4 is 11.1 Å². The highest BCUT2D eigenvalue weighted by Crippen LogP contribution is 2.60. The van der Waals surface area contributed by atoms with Crippen molar-refractivity contribution in [2.45, 2.75) is 82.5 Å². The van der Waals surface area contributed by atoms with Crippen molar-refractivity contribution < 1.29 is 14.8 Å². The predicted octanol–water partition coefficient (Wildman–Crippen LogP) is 3.28. The molecular formula is C28H44BN3O3. The lowest BCUT2D eigenvalue weighted by atomic mass is 9.44. The minimum absolute atomic E-state index is 0.0143. The zero-order valence-corrected chi connectivity index (χ0v) is 21.2. The maximum absolute atomic E-state index is 14.3. The molecule has 7 heteroatoms. The topological polar surface area (TPSA) is 98.8 Å². The van der Waals surface area contributed by atoms with E-state index in [4.69, 9.17) is 5.73 Å². The number of rotatable bonds is 5. The lowest BCUT2D eigenvalue weighted by Gasteiger charge is -2.59. The summed E-state index contributed by atoms with van der Waals surface area (Å²) >= 11 is 0. The minimum Gasteiger partial charge on any atom is -0.427 e. The molecule has 0 radical (unpaired) electrons. The molecule has 1 aromatic rings. The molecule has 4 aliphatic rings. The minimum atomic E-state index is -1.34. The van der Waals surface area contributed by atoms with Crippen molar-refractivity contribution in [2.75, 3.05) is 26.2 Å². The number of amides is 1. The molecule has 0 aromatic heterocycles. The average molecular weight is 481 g/mol. The van der Waals surface area contributed by atoms with E-state index in [-0.39, 0.29) is 17.2 Å². The Kier molecular flexibility index (Phi) is 7.88. The van der Waals surface area contributed by atoms with Crippen LogP contribution in [0.15, 0.2) is 24.3 Å². The Balaban J connectivity index is 1.36. The van der Waals surface area contributed by atoms with Gasteiger partial charge in [-0.1, -0.05) is 43.5 Å². The Morgan fingerprint density at radius 3 is 2.57 bits per heavy atom. The number of fused-ring (bicyclic) bond motifs is 1. The van der Waals surface area contributed by atoms with Gasteiger partial charge in [0.25, 0.3) is 0 Å². The Morgan fingerprint density at radius 1 is 1.09 bits per heavy atom. The summed E-state index contributed by atoms with van der Waals surface area (Å²) in [5.74, 6) is 1.42. The van der Waals surface area contributed by atoms with Gasteiger partial charge in [-0.25, -0.2) is 0 Å². The fourth-order valence-corrected chi connectivity index (χ4v) is 8.38. The van der Waals surface area contributed by atoms with Crippen molar-refractivity contribution in [3.63, 3.8) is 0 Å². The van der Waals surface area contributed by atoms with E-state index in [0.717, 1.165) is 51.9 Å². The highest BCUT2D eigenvalue weighted by Gasteiger charge is 2.58. The van der Waals surface area contributed by atoms with Crippen LogP contribution in [0.3, 0.4) is 0 Å². The Labute approximate surface area is 211 Å². The van der Waals surface area contributed by atoms with E-state index >= 15 is 0 Å². The molecule has 2 aliphatic heterocycles. The molecule has 4 fully saturated rings. The second-order valence-electron chi connectivity index (χ2n) is 11.8. The molecule has 2 heterocycles. The van der Waals surface area contributed by atoms with Crippen LogP contribution in [0.1, 0.15) is 81.3 Å². The third kappa shape index (κ3) is 4.94. The van der Waals surface area contributed by atoms with Gasteiger partial charge in [-0.2, -0.15) is 0 Å². The van der Waals surface area contributed by atoms with Crippen LogP contribution in [0, 0.1) is 23.2 Å². The largest absolute Gasteiger partial charge is 0.454 e. The fraction of sp³-hybridized carbons (Fsp3) is 0.750. The summed E-state index contributed by atoms with van der Waals surface area (Å²) in [5, 5.41) is 23.9. The SMILES string of the molecule is NCc1cccc(C2CCN(C(=O)C3CC(B(O)O)CC4CNCCC43C3CCCCC3)CC2)c1. The standard InChI is InChI=1S/C28H44BN3O3/c30-18-20-5-4-6-22(15-20)21-9-13-32(14-10-21)27(33)26-17-25(29(34)35)16-24-19-31-12-11-28(24,26)23-7-2-1-3-8-23/h4-6,15,21,23-26,31,34-35H,1-3,7-14,16-19,30H2. The number of carbonyl (C=O) groups excluding carboxylic acids is 1. The number of nitrogens with zero attached hydrogens (tertiary/aromatic N) is 1. The summed E-state index contributed by atoms with van der Waals surface area (Å²) in [6.45, 7) is 4.03. The number of piperidine rings is 2. The Morgan fingerprint density at radius 2 is 1.86 bits per heavy atom. The normalized spacial score (nSPS) is 32.8. The van der Waals surface area contributed by atoms with Crippen LogP contribution in [0.4, 0.5) is 0 Å². The molecule has 4 unspecified atom stereocenters. The Hall–Kier alpha value is -1.41. The van der Waals surface area contributed by atoms with Crippen LogP contribution >= 0.6 is 0 Å². The summed E-state index contributed by atoms with van der Waals surface area (Å²) in [6, 6.07) is 8.61. The summed E-state index contributed by atoms with van der Waals surface area (Å²) < 4.78 is 0. The molecule has 4 atom stereocenters. The van der Waals surface area contributed by atoms with Crippen molar-refractivity contribution >= 4 is 13.0 Å². The molecule has 5 N–H and O–H groups in total. The van der Waals surface area contributed by atoms with Crippen LogP contribution in [0.25, 0.3) is 0 Å². The van der Waals surface area contributed by atoms with E-state index in [2.05, 4.69) is 34.5 Å². The van der Waals surface area contributed by atoms with Crippen molar-refractivity contribution in [3.05, 3.63) is 35.4 Å². The van der Waals surface area contributed by atoms with Crippen molar-refractivity contribution in [1.29, 1.82) is 0 Å². The molecular weight excluding hydrogens is 437 g/mol. The van der Waals surface area contributed by atoms with Crippen LogP contribution in [0.2, 0.25) is 5.82 Å². The van der Waals surface area contributed by atoms with Gasteiger partial charge in [-0.3, -0.25) is 4.79 Å². The van der Waals surface area contributed by atoms with Gasteiger partial charge in [0.2, 0.25) is 5.91 Å². The summed E-state index contributed by atoms with van der Waals surface area (Å²) in [4.78, 5) is 16.4. The van der Waals surface area contributed by atoms with Crippen LogP contribution in [-0.2, 0) is 11.3 Å². The number of benzene rings is 1. The first kappa shape index (κ1) is 25.3. The number of hydrogen-bond donors (Lipinski definition) is 4. The molecule has 2 saturated heterocycles. The number of likely N-dealkylation sites (tertiary alicyclic amines) is 1. The first-order valence-electron chi connectivity index (χ1n) is 14.2. The van der Waals surface area contributed by atoms with Gasteiger partial charge in [0, 0.05) is 25.6 Å². The van der Waals surface area contributed by atoms with Crippen LogP contribution in [0.5, 0.6) is 0 Å². The van der Waals surface area contributed by atoms with Crippen LogP contribution in [-0.4, -0.2) is 54.2 Å². The predicted molar refractivity (Wildman–Crippen MR) is 140 cm³/mol. The molecule has 2 saturated carbocycles. The zero-order valence-electron chi connectivity index (χ0n) is 21.2. The molecule has 5 rings (SSSR count). The van der Waals surface area contributed by atoms with Gasteiger partial charge >= 0.3 is 7.12 Å². The molecule has 1 amide bonds. The van der Waals surface area contributed by atoms with Gasteiger partial charge < -0.3 is 26.0 Å². The zero-order chi connectivity index (χ0) is 24.4. The smallest absolute Gasteiger partial charge is 0.427 e. The lowest BCUT2D eigenvalue weighted by molar-refractivity contribution is -0.154. The quantitative estimate of drug-likeness (QED) is 0.484. The van der Waals surface area contributed by atoms with E-state index in [0.29, 0.717) is 36.6 Å². The van der Waals surface area contributed by atoms with E-state index in [1.165, 1.54) is 43.2 Å². The maximum Gasteiger partial charge on any atom is 0.454 e. The molecule has 6 nitrogen and oxygen atoms in total. The molecule has 2 aliphatic carbocycles. The summed E-state index contributed by atoms with van der Waals surface area (Å²) in [7, 11) is -1.34. The molecule has 1 aromatic carbocycles. The van der Waals surface area contributed by atoms with Crippen molar-refractivity contribution in [3.8, 4) is 0 Å². The van der Waals surface area contributed by atoms with E-state index in [1.807, 2.05) is 0 Å². The number of carbonyl (C=O) groups is 1. The lowest BCUT2D eigenvalue weighted by Crippen LogP contribution is -2.61. The first-order chi connectivity index (χ1) is 17.0. The average Bonchev–Trinajstić information content (AvgIpc) is 2.92. The number of nitrogens with two attached hydrogens (primary N) is 1.